The van der Waals surface area contributed by atoms with Crippen molar-refractivity contribution in [3.05, 3.63) is 35.2 Å². The first-order valence-corrected chi connectivity index (χ1v) is 14.8. The second-order valence-corrected chi connectivity index (χ2v) is 12.6. The molecule has 10 nitrogen and oxygen atoms in total. The van der Waals surface area contributed by atoms with Gasteiger partial charge in [-0.15, -0.1) is 5.10 Å². The van der Waals surface area contributed by atoms with E-state index < -0.39 is 9.84 Å². The molecule has 36 heavy (non-hydrogen) atoms. The molecule has 0 amide bonds. The summed E-state index contributed by atoms with van der Waals surface area (Å²) in [7, 11) is -3.27. The average Bonchev–Trinajstić information content (AvgIpc) is 3.55. The summed E-state index contributed by atoms with van der Waals surface area (Å²) in [5, 5.41) is 9.43. The maximum absolute atomic E-state index is 11.7. The van der Waals surface area contributed by atoms with Crippen LogP contribution in [0.3, 0.4) is 0 Å². The Bertz CT molecular complexity index is 1470. The first kappa shape index (κ1) is 25.0. The number of halogens is 1. The molecule has 0 saturated carbocycles. The molecule has 1 unspecified atom stereocenters. The van der Waals surface area contributed by atoms with Crippen LogP contribution >= 0.6 is 22.9 Å². The summed E-state index contributed by atoms with van der Waals surface area (Å²) in [6.07, 6.45) is 3.03. The van der Waals surface area contributed by atoms with Crippen LogP contribution in [-0.2, 0) is 9.84 Å². The van der Waals surface area contributed by atoms with Crippen LogP contribution in [0.5, 0.6) is 5.19 Å². The van der Waals surface area contributed by atoms with Crippen LogP contribution in [0.15, 0.2) is 33.7 Å². The lowest BCUT2D eigenvalue weighted by Gasteiger charge is -2.33. The second kappa shape index (κ2) is 9.64. The average molecular weight is 551 g/mol. The quantitative estimate of drug-likeness (QED) is 0.322. The van der Waals surface area contributed by atoms with Crippen molar-refractivity contribution >= 4 is 43.8 Å². The highest BCUT2D eigenvalue weighted by atomic mass is 35.5. The van der Waals surface area contributed by atoms with Crippen molar-refractivity contribution in [3.8, 4) is 16.5 Å². The summed E-state index contributed by atoms with van der Waals surface area (Å²) in [6.45, 7) is 7.80. The van der Waals surface area contributed by atoms with Gasteiger partial charge < -0.3 is 14.2 Å². The standard InChI is InChI=1S/C23H27ClN6O4S2/c1-13(2)20-26-21(34-28-20)29-11-9-15(10-12-29)14(3)33-23-27-30-19(24)18(25-22(30)35-23)16-5-7-17(8-6-16)36(4,31)32/h5-8,13-15H,9-12H2,1-4H3. The number of fused-ring (bicyclic) bond motifs is 1. The van der Waals surface area contributed by atoms with E-state index >= 15 is 0 Å². The van der Waals surface area contributed by atoms with Crippen molar-refractivity contribution < 1.29 is 17.7 Å². The SMILES string of the molecule is CC(C)c1noc(N2CCC(C(C)Oc3nn4c(Cl)c(-c5ccc(S(C)(=O)=O)cc5)nc4s3)CC2)n1. The molecule has 0 N–H and O–H groups in total. The van der Waals surface area contributed by atoms with Gasteiger partial charge in [0.05, 0.1) is 4.90 Å². The minimum absolute atomic E-state index is 0.0290. The first-order chi connectivity index (χ1) is 17.1. The van der Waals surface area contributed by atoms with Crippen LogP contribution in [0.25, 0.3) is 16.2 Å². The zero-order valence-electron chi connectivity index (χ0n) is 20.4. The first-order valence-electron chi connectivity index (χ1n) is 11.7. The molecule has 0 radical (unpaired) electrons. The Hall–Kier alpha value is -2.70. The van der Waals surface area contributed by atoms with Gasteiger partial charge in [0.1, 0.15) is 11.8 Å². The molecule has 1 aliphatic rings. The van der Waals surface area contributed by atoms with Gasteiger partial charge in [0, 0.05) is 30.8 Å². The van der Waals surface area contributed by atoms with Crippen molar-refractivity contribution in [1.29, 1.82) is 0 Å². The fourth-order valence-corrected chi connectivity index (χ4v) is 5.99. The minimum Gasteiger partial charge on any atom is -0.466 e. The maximum Gasteiger partial charge on any atom is 0.324 e. The third-order valence-corrected chi connectivity index (χ3v) is 8.66. The van der Waals surface area contributed by atoms with Gasteiger partial charge in [0.25, 0.3) is 5.19 Å². The highest BCUT2D eigenvalue weighted by Crippen LogP contribution is 2.34. The lowest BCUT2D eigenvalue weighted by molar-refractivity contribution is 0.130. The summed E-state index contributed by atoms with van der Waals surface area (Å²) in [5.41, 5.74) is 1.26. The van der Waals surface area contributed by atoms with E-state index in [1.54, 1.807) is 28.8 Å². The number of piperidine rings is 1. The largest absolute Gasteiger partial charge is 0.466 e. The molecule has 13 heteroatoms. The van der Waals surface area contributed by atoms with Gasteiger partial charge in [-0.25, -0.2) is 13.4 Å². The number of aromatic nitrogens is 5. The predicted octanol–water partition coefficient (Wildman–Crippen LogP) is 4.71. The molecule has 0 aliphatic carbocycles. The van der Waals surface area contributed by atoms with Crippen molar-refractivity contribution in [2.75, 3.05) is 24.2 Å². The van der Waals surface area contributed by atoms with E-state index in [2.05, 4.69) is 32.0 Å². The molecule has 5 rings (SSSR count). The van der Waals surface area contributed by atoms with Crippen LogP contribution in [0, 0.1) is 5.92 Å². The van der Waals surface area contributed by atoms with E-state index in [1.807, 2.05) is 13.8 Å². The van der Waals surface area contributed by atoms with E-state index in [4.69, 9.17) is 20.9 Å². The maximum atomic E-state index is 11.7. The number of hydrogen-bond donors (Lipinski definition) is 0. The second-order valence-electron chi connectivity index (χ2n) is 9.35. The third-order valence-electron chi connectivity index (χ3n) is 6.39. The monoisotopic (exact) mass is 550 g/mol. The third kappa shape index (κ3) is 4.94. The molecule has 4 aromatic rings. The Kier molecular flexibility index (Phi) is 6.69. The van der Waals surface area contributed by atoms with Gasteiger partial charge in [0.2, 0.25) is 4.96 Å². The van der Waals surface area contributed by atoms with Crippen molar-refractivity contribution in [3.63, 3.8) is 0 Å². The molecule has 4 heterocycles. The van der Waals surface area contributed by atoms with E-state index in [0.717, 1.165) is 37.3 Å². The number of rotatable bonds is 7. The number of imidazole rings is 1. The number of nitrogens with zero attached hydrogens (tertiary/aromatic N) is 6. The van der Waals surface area contributed by atoms with Crippen molar-refractivity contribution in [2.24, 2.45) is 5.92 Å². The molecule has 192 valence electrons. The summed E-state index contributed by atoms with van der Waals surface area (Å²) in [5.74, 6) is 1.33. The molecule has 1 saturated heterocycles. The van der Waals surface area contributed by atoms with Gasteiger partial charge in [-0.3, -0.25) is 0 Å². The van der Waals surface area contributed by atoms with E-state index in [1.165, 1.54) is 17.6 Å². The summed E-state index contributed by atoms with van der Waals surface area (Å²) >= 11 is 7.88. The predicted molar refractivity (Wildman–Crippen MR) is 138 cm³/mol. The molecular formula is C23H27ClN6O4S2. The Balaban J connectivity index is 1.23. The summed E-state index contributed by atoms with van der Waals surface area (Å²) in [6, 6.07) is 7.07. The lowest BCUT2D eigenvalue weighted by atomic mass is 9.92. The molecule has 3 aromatic heterocycles. The minimum atomic E-state index is -3.27. The summed E-state index contributed by atoms with van der Waals surface area (Å²) < 4.78 is 36.6. The fourth-order valence-electron chi connectivity index (χ4n) is 4.20. The molecule has 1 aromatic carbocycles. The molecule has 0 bridgehead atoms. The van der Waals surface area contributed by atoms with Gasteiger partial charge in [0.15, 0.2) is 20.8 Å². The number of hydrogen-bond acceptors (Lipinski definition) is 10. The zero-order valence-corrected chi connectivity index (χ0v) is 22.8. The number of anilines is 1. The Morgan fingerprint density at radius 3 is 2.42 bits per heavy atom. The fraction of sp³-hybridized carbons (Fsp3) is 0.478. The molecule has 1 aliphatic heterocycles. The Morgan fingerprint density at radius 1 is 1.14 bits per heavy atom. The number of sulfone groups is 1. The van der Waals surface area contributed by atoms with Crippen LogP contribution in [0.2, 0.25) is 5.15 Å². The Labute approximate surface area is 218 Å². The molecule has 1 fully saturated rings. The van der Waals surface area contributed by atoms with Crippen LogP contribution in [0.4, 0.5) is 6.01 Å². The van der Waals surface area contributed by atoms with Gasteiger partial charge in [-0.05, 0) is 49.2 Å². The molecule has 1 atom stereocenters. The topological polar surface area (TPSA) is 116 Å². The number of ether oxygens (including phenoxy) is 1. The van der Waals surface area contributed by atoms with E-state index in [0.29, 0.717) is 32.9 Å². The van der Waals surface area contributed by atoms with Gasteiger partial charge >= 0.3 is 6.01 Å². The molecule has 0 spiro atoms. The number of benzene rings is 1. The zero-order chi connectivity index (χ0) is 25.6. The van der Waals surface area contributed by atoms with Crippen LogP contribution in [-0.4, -0.2) is 58.6 Å². The lowest BCUT2D eigenvalue weighted by Crippen LogP contribution is -2.38. The van der Waals surface area contributed by atoms with Crippen molar-refractivity contribution in [1.82, 2.24) is 24.7 Å². The highest BCUT2D eigenvalue weighted by molar-refractivity contribution is 7.90. The Morgan fingerprint density at radius 2 is 1.83 bits per heavy atom. The normalized spacial score (nSPS) is 16.2. The van der Waals surface area contributed by atoms with Crippen molar-refractivity contribution in [2.45, 2.75) is 50.5 Å². The highest BCUT2D eigenvalue weighted by Gasteiger charge is 2.29. The van der Waals surface area contributed by atoms with Gasteiger partial charge in [-0.2, -0.15) is 9.50 Å². The van der Waals surface area contributed by atoms with Crippen LogP contribution in [0.1, 0.15) is 45.4 Å². The van der Waals surface area contributed by atoms with Gasteiger partial charge in [-0.1, -0.05) is 42.7 Å². The summed E-state index contributed by atoms with van der Waals surface area (Å²) in [4.78, 5) is 12.1. The van der Waals surface area contributed by atoms with Crippen LogP contribution < -0.4 is 9.64 Å². The smallest absolute Gasteiger partial charge is 0.324 e. The van der Waals surface area contributed by atoms with E-state index in [9.17, 15) is 8.42 Å². The molecular weight excluding hydrogens is 524 g/mol. The van der Waals surface area contributed by atoms with E-state index in [-0.39, 0.29) is 16.9 Å².